The summed E-state index contributed by atoms with van der Waals surface area (Å²) in [5.74, 6) is 0. The molecular formula is C13H18N2O2S. The van der Waals surface area contributed by atoms with Crippen molar-refractivity contribution in [3.63, 3.8) is 0 Å². The fourth-order valence-electron chi connectivity index (χ4n) is 2.01. The summed E-state index contributed by atoms with van der Waals surface area (Å²) in [7, 11) is -1.43. The van der Waals surface area contributed by atoms with Crippen LogP contribution in [0, 0.1) is 0 Å². The second kappa shape index (κ2) is 5.65. The van der Waals surface area contributed by atoms with Crippen molar-refractivity contribution in [2.24, 2.45) is 0 Å². The normalized spacial score (nSPS) is 21.7. The van der Waals surface area contributed by atoms with E-state index in [1.165, 1.54) is 9.71 Å². The Bertz CT molecular complexity index is 511. The van der Waals surface area contributed by atoms with E-state index in [0.29, 0.717) is 13.1 Å². The van der Waals surface area contributed by atoms with Crippen LogP contribution in [0.25, 0.3) is 6.08 Å². The SMILES string of the molecule is CNC1CCN(S(=O)(=O)/C=C/c2ccccc2)C1. The number of nitrogens with one attached hydrogen (secondary N) is 1. The molecule has 0 amide bonds. The van der Waals surface area contributed by atoms with Gasteiger partial charge in [-0.25, -0.2) is 8.42 Å². The second-order valence-corrected chi connectivity index (χ2v) is 6.21. The second-order valence-electron chi connectivity index (χ2n) is 4.39. The molecule has 1 saturated heterocycles. The Morgan fingerprint density at radius 3 is 2.67 bits per heavy atom. The van der Waals surface area contributed by atoms with Crippen LogP contribution < -0.4 is 5.32 Å². The molecule has 1 unspecified atom stereocenters. The Labute approximate surface area is 108 Å². The average Bonchev–Trinajstić information content (AvgIpc) is 2.87. The van der Waals surface area contributed by atoms with Gasteiger partial charge in [0.2, 0.25) is 10.0 Å². The van der Waals surface area contributed by atoms with Crippen LogP contribution in [-0.4, -0.2) is 38.9 Å². The summed E-state index contributed by atoms with van der Waals surface area (Å²) >= 11 is 0. The van der Waals surface area contributed by atoms with E-state index in [1.807, 2.05) is 37.4 Å². The molecule has 0 aliphatic carbocycles. The van der Waals surface area contributed by atoms with Crippen LogP contribution in [0.3, 0.4) is 0 Å². The van der Waals surface area contributed by atoms with Crippen LogP contribution in [0.4, 0.5) is 0 Å². The van der Waals surface area contributed by atoms with Gasteiger partial charge in [-0.1, -0.05) is 30.3 Å². The molecule has 1 aromatic rings. The van der Waals surface area contributed by atoms with Gasteiger partial charge >= 0.3 is 0 Å². The number of rotatable bonds is 4. The van der Waals surface area contributed by atoms with Gasteiger partial charge in [-0.3, -0.25) is 0 Å². The van der Waals surface area contributed by atoms with Crippen molar-refractivity contribution >= 4 is 16.1 Å². The average molecular weight is 266 g/mol. The highest BCUT2D eigenvalue weighted by molar-refractivity contribution is 7.92. The minimum atomic E-state index is -3.29. The molecule has 1 aliphatic heterocycles. The van der Waals surface area contributed by atoms with Gasteiger partial charge in [-0.15, -0.1) is 0 Å². The molecule has 1 heterocycles. The predicted molar refractivity (Wildman–Crippen MR) is 73.4 cm³/mol. The summed E-state index contributed by atoms with van der Waals surface area (Å²) in [6.45, 7) is 1.14. The van der Waals surface area contributed by atoms with Gasteiger partial charge in [-0.05, 0) is 25.1 Å². The van der Waals surface area contributed by atoms with E-state index in [-0.39, 0.29) is 6.04 Å². The molecule has 18 heavy (non-hydrogen) atoms. The number of hydrogen-bond donors (Lipinski definition) is 1. The number of nitrogens with zero attached hydrogens (tertiary/aromatic N) is 1. The molecule has 1 fully saturated rings. The van der Waals surface area contributed by atoms with Gasteiger partial charge in [0.25, 0.3) is 0 Å². The Morgan fingerprint density at radius 1 is 1.33 bits per heavy atom. The van der Waals surface area contributed by atoms with Crippen molar-refractivity contribution in [3.8, 4) is 0 Å². The molecule has 0 bridgehead atoms. The summed E-state index contributed by atoms with van der Waals surface area (Å²) in [5.41, 5.74) is 0.894. The maximum absolute atomic E-state index is 12.1. The third kappa shape index (κ3) is 3.19. The van der Waals surface area contributed by atoms with Crippen molar-refractivity contribution in [1.82, 2.24) is 9.62 Å². The molecular weight excluding hydrogens is 248 g/mol. The number of sulfonamides is 1. The van der Waals surface area contributed by atoms with E-state index >= 15 is 0 Å². The summed E-state index contributed by atoms with van der Waals surface area (Å²) in [4.78, 5) is 0. The first-order valence-corrected chi connectivity index (χ1v) is 7.53. The van der Waals surface area contributed by atoms with Gasteiger partial charge in [0, 0.05) is 24.5 Å². The van der Waals surface area contributed by atoms with Crippen molar-refractivity contribution in [2.45, 2.75) is 12.5 Å². The van der Waals surface area contributed by atoms with Crippen LogP contribution in [0.5, 0.6) is 0 Å². The van der Waals surface area contributed by atoms with Crippen LogP contribution >= 0.6 is 0 Å². The first-order chi connectivity index (χ1) is 8.62. The topological polar surface area (TPSA) is 49.4 Å². The first-order valence-electron chi connectivity index (χ1n) is 6.02. The first kappa shape index (κ1) is 13.3. The number of likely N-dealkylation sites (N-methyl/N-ethyl adjacent to an activating group) is 1. The number of hydrogen-bond acceptors (Lipinski definition) is 3. The standard InChI is InChI=1S/C13H18N2O2S/c1-14-13-7-9-15(11-13)18(16,17)10-8-12-5-3-2-4-6-12/h2-6,8,10,13-14H,7,9,11H2,1H3/b10-8+. The largest absolute Gasteiger partial charge is 0.316 e. The molecule has 2 rings (SSSR count). The molecule has 1 atom stereocenters. The summed E-state index contributed by atoms with van der Waals surface area (Å²) in [6.07, 6.45) is 2.51. The fraction of sp³-hybridized carbons (Fsp3) is 0.385. The van der Waals surface area contributed by atoms with Crippen LogP contribution in [0.15, 0.2) is 35.7 Å². The van der Waals surface area contributed by atoms with Crippen LogP contribution in [-0.2, 0) is 10.0 Å². The zero-order chi connectivity index (χ0) is 13.0. The Balaban J connectivity index is 2.06. The van der Waals surface area contributed by atoms with E-state index in [1.54, 1.807) is 6.08 Å². The molecule has 0 radical (unpaired) electrons. The predicted octanol–water partition coefficient (Wildman–Crippen LogP) is 1.28. The molecule has 0 saturated carbocycles. The van der Waals surface area contributed by atoms with E-state index in [9.17, 15) is 8.42 Å². The van der Waals surface area contributed by atoms with E-state index in [4.69, 9.17) is 0 Å². The third-order valence-corrected chi connectivity index (χ3v) is 4.68. The van der Waals surface area contributed by atoms with Crippen LogP contribution in [0.1, 0.15) is 12.0 Å². The Kier molecular flexibility index (Phi) is 4.16. The lowest BCUT2D eigenvalue weighted by Crippen LogP contribution is -2.32. The molecule has 4 nitrogen and oxygen atoms in total. The molecule has 5 heteroatoms. The lowest BCUT2D eigenvalue weighted by atomic mass is 10.2. The highest BCUT2D eigenvalue weighted by Gasteiger charge is 2.28. The van der Waals surface area contributed by atoms with Crippen molar-refractivity contribution < 1.29 is 8.42 Å². The number of benzene rings is 1. The van der Waals surface area contributed by atoms with Gasteiger partial charge in [-0.2, -0.15) is 4.31 Å². The van der Waals surface area contributed by atoms with E-state index < -0.39 is 10.0 Å². The molecule has 1 aliphatic rings. The van der Waals surface area contributed by atoms with Gasteiger partial charge in [0.1, 0.15) is 0 Å². The lowest BCUT2D eigenvalue weighted by molar-refractivity contribution is 0.472. The zero-order valence-electron chi connectivity index (χ0n) is 10.4. The monoisotopic (exact) mass is 266 g/mol. The van der Waals surface area contributed by atoms with E-state index in [2.05, 4.69) is 5.32 Å². The van der Waals surface area contributed by atoms with Gasteiger partial charge in [0.05, 0.1) is 0 Å². The van der Waals surface area contributed by atoms with Crippen LogP contribution in [0.2, 0.25) is 0 Å². The zero-order valence-corrected chi connectivity index (χ0v) is 11.2. The minimum Gasteiger partial charge on any atom is -0.316 e. The lowest BCUT2D eigenvalue weighted by Gasteiger charge is -2.13. The molecule has 98 valence electrons. The van der Waals surface area contributed by atoms with Crippen molar-refractivity contribution in [3.05, 3.63) is 41.3 Å². The maximum Gasteiger partial charge on any atom is 0.236 e. The Morgan fingerprint density at radius 2 is 2.06 bits per heavy atom. The molecule has 0 aromatic heterocycles. The Hall–Kier alpha value is -1.17. The molecule has 0 spiro atoms. The van der Waals surface area contributed by atoms with Gasteiger partial charge in [0.15, 0.2) is 0 Å². The third-order valence-electron chi connectivity index (χ3n) is 3.15. The maximum atomic E-state index is 12.1. The van der Waals surface area contributed by atoms with E-state index in [0.717, 1.165) is 12.0 Å². The highest BCUT2D eigenvalue weighted by Crippen LogP contribution is 2.15. The smallest absolute Gasteiger partial charge is 0.236 e. The summed E-state index contributed by atoms with van der Waals surface area (Å²) < 4.78 is 25.7. The summed E-state index contributed by atoms with van der Waals surface area (Å²) in [6, 6.07) is 9.71. The van der Waals surface area contributed by atoms with Gasteiger partial charge < -0.3 is 5.32 Å². The highest BCUT2D eigenvalue weighted by atomic mass is 32.2. The fourth-order valence-corrected chi connectivity index (χ4v) is 3.26. The molecule has 1 N–H and O–H groups in total. The minimum absolute atomic E-state index is 0.268. The van der Waals surface area contributed by atoms with Crippen molar-refractivity contribution in [2.75, 3.05) is 20.1 Å². The summed E-state index contributed by atoms with van der Waals surface area (Å²) in [5, 5.41) is 4.40. The quantitative estimate of drug-likeness (QED) is 0.893. The molecule has 1 aromatic carbocycles. The van der Waals surface area contributed by atoms with Crippen molar-refractivity contribution in [1.29, 1.82) is 0 Å².